The number of carbonyl (C=O) groups is 1. The topological polar surface area (TPSA) is 70.2 Å². The Morgan fingerprint density at radius 2 is 2.05 bits per heavy atom. The highest BCUT2D eigenvalue weighted by Gasteiger charge is 2.35. The molecular formula is C12H18ClN5O. The highest BCUT2D eigenvalue weighted by atomic mass is 35.5. The number of halogens is 1. The summed E-state index contributed by atoms with van der Waals surface area (Å²) in [6.45, 7) is 7.34. The molecule has 1 fully saturated rings. The number of aromatic nitrogens is 2. The van der Waals surface area contributed by atoms with E-state index in [1.807, 2.05) is 13.8 Å². The van der Waals surface area contributed by atoms with E-state index >= 15 is 0 Å². The molecule has 19 heavy (non-hydrogen) atoms. The first-order chi connectivity index (χ1) is 9.00. The van der Waals surface area contributed by atoms with Crippen LogP contribution in [0.3, 0.4) is 0 Å². The summed E-state index contributed by atoms with van der Waals surface area (Å²) in [5.41, 5.74) is -0.580. The summed E-state index contributed by atoms with van der Waals surface area (Å²) in [4.78, 5) is 14.5. The van der Waals surface area contributed by atoms with E-state index in [9.17, 15) is 4.79 Å². The molecule has 2 N–H and O–H groups in total. The van der Waals surface area contributed by atoms with Gasteiger partial charge in [0.05, 0.1) is 5.54 Å². The van der Waals surface area contributed by atoms with Crippen LogP contribution < -0.4 is 10.6 Å². The molecule has 0 aromatic carbocycles. The summed E-state index contributed by atoms with van der Waals surface area (Å²) in [6.07, 6.45) is 0. The zero-order chi connectivity index (χ0) is 13.9. The largest absolute Gasteiger partial charge is 0.314 e. The zero-order valence-corrected chi connectivity index (χ0v) is 11.9. The van der Waals surface area contributed by atoms with Gasteiger partial charge in [-0.25, -0.2) is 0 Å². The molecule has 104 valence electrons. The van der Waals surface area contributed by atoms with Gasteiger partial charge in [0.25, 0.3) is 0 Å². The average Bonchev–Trinajstić information content (AvgIpc) is 2.42. The summed E-state index contributed by atoms with van der Waals surface area (Å²) in [6, 6.07) is 3.24. The van der Waals surface area contributed by atoms with Crippen LogP contribution in [0.25, 0.3) is 0 Å². The van der Waals surface area contributed by atoms with Crippen molar-refractivity contribution in [1.29, 1.82) is 0 Å². The third-order valence-corrected chi connectivity index (χ3v) is 3.54. The van der Waals surface area contributed by atoms with Crippen molar-refractivity contribution in [3.63, 3.8) is 0 Å². The average molecular weight is 284 g/mol. The van der Waals surface area contributed by atoms with Gasteiger partial charge in [-0.1, -0.05) is 11.6 Å². The number of piperazine rings is 1. The maximum absolute atomic E-state index is 12.3. The molecule has 1 saturated heterocycles. The number of nitrogens with zero attached hydrogens (tertiary/aromatic N) is 3. The van der Waals surface area contributed by atoms with Crippen molar-refractivity contribution < 1.29 is 4.79 Å². The molecule has 6 nitrogen and oxygen atoms in total. The second-order valence-corrected chi connectivity index (χ2v) is 5.38. The van der Waals surface area contributed by atoms with E-state index in [4.69, 9.17) is 11.6 Å². The second-order valence-electron chi connectivity index (χ2n) is 4.99. The minimum atomic E-state index is -0.580. The van der Waals surface area contributed by atoms with Gasteiger partial charge in [0.15, 0.2) is 11.0 Å². The van der Waals surface area contributed by atoms with Gasteiger partial charge in [0.2, 0.25) is 5.91 Å². The minimum Gasteiger partial charge on any atom is -0.314 e. The molecule has 7 heteroatoms. The Morgan fingerprint density at radius 3 is 2.63 bits per heavy atom. The molecule has 1 aromatic heterocycles. The second kappa shape index (κ2) is 5.81. The molecule has 0 spiro atoms. The minimum absolute atomic E-state index is 0.0916. The van der Waals surface area contributed by atoms with Crippen molar-refractivity contribution >= 4 is 23.3 Å². The lowest BCUT2D eigenvalue weighted by Crippen LogP contribution is -2.58. The van der Waals surface area contributed by atoms with Gasteiger partial charge < -0.3 is 10.6 Å². The molecule has 0 saturated carbocycles. The van der Waals surface area contributed by atoms with Crippen LogP contribution in [0.2, 0.25) is 5.15 Å². The quantitative estimate of drug-likeness (QED) is 0.857. The van der Waals surface area contributed by atoms with Crippen LogP contribution in [0.5, 0.6) is 0 Å². The molecule has 0 unspecified atom stereocenters. The zero-order valence-electron chi connectivity index (χ0n) is 11.1. The van der Waals surface area contributed by atoms with Crippen molar-refractivity contribution in [1.82, 2.24) is 20.4 Å². The Balaban J connectivity index is 2.03. The van der Waals surface area contributed by atoms with Crippen LogP contribution in [-0.4, -0.2) is 52.7 Å². The molecule has 1 aromatic rings. The van der Waals surface area contributed by atoms with E-state index in [-0.39, 0.29) is 5.91 Å². The van der Waals surface area contributed by atoms with Crippen LogP contribution in [-0.2, 0) is 4.79 Å². The Morgan fingerprint density at radius 1 is 1.37 bits per heavy atom. The first-order valence-corrected chi connectivity index (χ1v) is 6.64. The number of anilines is 1. The van der Waals surface area contributed by atoms with Gasteiger partial charge in [-0.05, 0) is 26.0 Å². The van der Waals surface area contributed by atoms with Crippen LogP contribution >= 0.6 is 11.6 Å². The molecule has 1 aliphatic rings. The van der Waals surface area contributed by atoms with E-state index < -0.39 is 5.54 Å². The first kappa shape index (κ1) is 14.2. The Bertz CT molecular complexity index is 442. The van der Waals surface area contributed by atoms with Gasteiger partial charge in [-0.15, -0.1) is 10.2 Å². The number of rotatable bonds is 3. The summed E-state index contributed by atoms with van der Waals surface area (Å²) in [5.74, 6) is 0.323. The predicted octanol–water partition coefficient (Wildman–Crippen LogP) is 0.752. The van der Waals surface area contributed by atoms with E-state index in [0.717, 1.165) is 26.2 Å². The van der Waals surface area contributed by atoms with Crippen molar-refractivity contribution in [3.8, 4) is 0 Å². The fourth-order valence-corrected chi connectivity index (χ4v) is 2.12. The van der Waals surface area contributed by atoms with Gasteiger partial charge in [0.1, 0.15) is 0 Å². The SMILES string of the molecule is CC(C)(C(=O)Nc1ccc(Cl)nn1)N1CCNCC1. The molecule has 1 aliphatic heterocycles. The smallest absolute Gasteiger partial charge is 0.245 e. The Kier molecular flexibility index (Phi) is 4.34. The van der Waals surface area contributed by atoms with Gasteiger partial charge >= 0.3 is 0 Å². The normalized spacial score (nSPS) is 17.2. The molecular weight excluding hydrogens is 266 g/mol. The predicted molar refractivity (Wildman–Crippen MR) is 74.2 cm³/mol. The molecule has 1 amide bonds. The third-order valence-electron chi connectivity index (χ3n) is 3.34. The monoisotopic (exact) mass is 283 g/mol. The lowest BCUT2D eigenvalue weighted by Gasteiger charge is -2.39. The molecule has 2 heterocycles. The molecule has 0 bridgehead atoms. The van der Waals surface area contributed by atoms with Crippen LogP contribution in [0, 0.1) is 0 Å². The maximum atomic E-state index is 12.3. The maximum Gasteiger partial charge on any atom is 0.245 e. The third kappa shape index (κ3) is 3.40. The molecule has 0 atom stereocenters. The lowest BCUT2D eigenvalue weighted by molar-refractivity contribution is -0.126. The van der Waals surface area contributed by atoms with E-state index in [1.165, 1.54) is 0 Å². The standard InChI is InChI=1S/C12H18ClN5O/c1-12(2,18-7-5-14-6-8-18)11(19)15-10-4-3-9(13)16-17-10/h3-4,14H,5-8H2,1-2H3,(H,15,17,19). The number of hydrogen-bond donors (Lipinski definition) is 2. The van der Waals surface area contributed by atoms with Crippen LogP contribution in [0.1, 0.15) is 13.8 Å². The molecule has 0 radical (unpaired) electrons. The first-order valence-electron chi connectivity index (χ1n) is 6.26. The van der Waals surface area contributed by atoms with Crippen LogP contribution in [0.15, 0.2) is 12.1 Å². The van der Waals surface area contributed by atoms with Crippen molar-refractivity contribution in [2.45, 2.75) is 19.4 Å². The summed E-state index contributed by atoms with van der Waals surface area (Å²) < 4.78 is 0. The van der Waals surface area contributed by atoms with Crippen molar-refractivity contribution in [2.75, 3.05) is 31.5 Å². The summed E-state index contributed by atoms with van der Waals surface area (Å²) in [7, 11) is 0. The lowest BCUT2D eigenvalue weighted by atomic mass is 10.0. The van der Waals surface area contributed by atoms with Crippen LogP contribution in [0.4, 0.5) is 5.82 Å². The summed E-state index contributed by atoms with van der Waals surface area (Å²) in [5, 5.41) is 13.9. The molecule has 0 aliphatic carbocycles. The van der Waals surface area contributed by atoms with Crippen molar-refractivity contribution in [2.24, 2.45) is 0 Å². The van der Waals surface area contributed by atoms with Gasteiger partial charge in [-0.2, -0.15) is 0 Å². The summed E-state index contributed by atoms with van der Waals surface area (Å²) >= 11 is 5.66. The number of carbonyl (C=O) groups excluding carboxylic acids is 1. The number of hydrogen-bond acceptors (Lipinski definition) is 5. The van der Waals surface area contributed by atoms with E-state index in [1.54, 1.807) is 12.1 Å². The fourth-order valence-electron chi connectivity index (χ4n) is 2.02. The van der Waals surface area contributed by atoms with Gasteiger partial charge in [0, 0.05) is 26.2 Å². The van der Waals surface area contributed by atoms with E-state index in [2.05, 4.69) is 25.7 Å². The van der Waals surface area contributed by atoms with Crippen molar-refractivity contribution in [3.05, 3.63) is 17.3 Å². The van der Waals surface area contributed by atoms with E-state index in [0.29, 0.717) is 11.0 Å². The Hall–Kier alpha value is -1.24. The highest BCUT2D eigenvalue weighted by molar-refractivity contribution is 6.29. The molecule has 2 rings (SSSR count). The highest BCUT2D eigenvalue weighted by Crippen LogP contribution is 2.17. The van der Waals surface area contributed by atoms with Gasteiger partial charge in [-0.3, -0.25) is 9.69 Å². The Labute approximate surface area is 117 Å². The fraction of sp³-hybridized carbons (Fsp3) is 0.583. The number of nitrogens with one attached hydrogen (secondary N) is 2. The number of amides is 1.